The molecule has 0 atom stereocenters. The number of morpholine rings is 1. The summed E-state index contributed by atoms with van der Waals surface area (Å²) < 4.78 is 10.5. The van der Waals surface area contributed by atoms with Crippen LogP contribution in [0.4, 0.5) is 0 Å². The van der Waals surface area contributed by atoms with Gasteiger partial charge < -0.3 is 9.47 Å². The van der Waals surface area contributed by atoms with E-state index in [1.165, 1.54) is 11.8 Å². The topological polar surface area (TPSA) is 93.6 Å². The maximum Gasteiger partial charge on any atom is 0.257 e. The van der Waals surface area contributed by atoms with Crippen LogP contribution < -0.4 is 10.1 Å². The highest BCUT2D eigenvalue weighted by atomic mass is 32.2. The van der Waals surface area contributed by atoms with Crippen LogP contribution in [0.15, 0.2) is 53.6 Å². The molecule has 0 aliphatic carbocycles. The first-order chi connectivity index (χ1) is 15.6. The normalized spacial score (nSPS) is 14.3. The Balaban J connectivity index is 1.43. The van der Waals surface area contributed by atoms with E-state index in [-0.39, 0.29) is 11.7 Å². The number of amides is 2. The minimum absolute atomic E-state index is 0.0693. The number of fused-ring (bicyclic) bond motifs is 1. The fraction of sp³-hybridized carbons (Fsp3) is 0.304. The molecule has 2 heterocycles. The second-order valence-corrected chi connectivity index (χ2v) is 8.21. The number of rotatable bonds is 7. The van der Waals surface area contributed by atoms with Gasteiger partial charge in [-0.2, -0.15) is 0 Å². The Kier molecular flexibility index (Phi) is 7.31. The van der Waals surface area contributed by atoms with E-state index in [1.807, 2.05) is 24.3 Å². The SMILES string of the molecule is COc1ccc(C(=O)NC(=O)CSc2nc(CN3CCOCC3)nc3ccccc23)cc1. The first-order valence-electron chi connectivity index (χ1n) is 10.3. The Bertz CT molecular complexity index is 1100. The molecule has 166 valence electrons. The molecule has 1 fully saturated rings. The number of carbonyl (C=O) groups is 2. The molecule has 1 saturated heterocycles. The number of carbonyl (C=O) groups excluding carboxylic acids is 2. The summed E-state index contributed by atoms with van der Waals surface area (Å²) in [6.07, 6.45) is 0. The number of ether oxygens (including phenoxy) is 2. The van der Waals surface area contributed by atoms with E-state index in [4.69, 9.17) is 14.5 Å². The molecule has 0 bridgehead atoms. The lowest BCUT2D eigenvalue weighted by Crippen LogP contribution is -2.36. The third kappa shape index (κ3) is 5.61. The lowest BCUT2D eigenvalue weighted by Gasteiger charge is -2.25. The summed E-state index contributed by atoms with van der Waals surface area (Å²) in [5.41, 5.74) is 1.23. The minimum atomic E-state index is -0.446. The Morgan fingerprint density at radius 2 is 1.84 bits per heavy atom. The molecule has 4 rings (SSSR count). The molecule has 32 heavy (non-hydrogen) atoms. The van der Waals surface area contributed by atoms with Gasteiger partial charge in [0.2, 0.25) is 5.91 Å². The number of nitrogens with one attached hydrogen (secondary N) is 1. The standard InChI is InChI=1S/C23H24N4O4S/c1-30-17-8-6-16(7-9-17)22(29)26-21(28)15-32-23-18-4-2-3-5-19(18)24-20(25-23)14-27-10-12-31-13-11-27/h2-9H,10-15H2,1H3,(H,26,28,29). The zero-order chi connectivity index (χ0) is 22.3. The van der Waals surface area contributed by atoms with Crippen molar-refractivity contribution in [3.63, 3.8) is 0 Å². The highest BCUT2D eigenvalue weighted by Crippen LogP contribution is 2.25. The first-order valence-corrected chi connectivity index (χ1v) is 11.3. The van der Waals surface area contributed by atoms with Crippen molar-refractivity contribution in [2.24, 2.45) is 0 Å². The maximum atomic E-state index is 12.4. The number of aromatic nitrogens is 2. The highest BCUT2D eigenvalue weighted by Gasteiger charge is 2.16. The van der Waals surface area contributed by atoms with E-state index in [9.17, 15) is 9.59 Å². The second kappa shape index (κ2) is 10.5. The van der Waals surface area contributed by atoms with Crippen molar-refractivity contribution in [1.29, 1.82) is 0 Å². The summed E-state index contributed by atoms with van der Waals surface area (Å²) in [7, 11) is 1.55. The molecule has 0 unspecified atom stereocenters. The van der Waals surface area contributed by atoms with Gasteiger partial charge in [0.1, 0.15) is 16.6 Å². The van der Waals surface area contributed by atoms with Crippen LogP contribution in [0.2, 0.25) is 0 Å². The number of para-hydroxylation sites is 1. The molecule has 9 heteroatoms. The second-order valence-electron chi connectivity index (χ2n) is 7.25. The van der Waals surface area contributed by atoms with Crippen LogP contribution in [0.25, 0.3) is 10.9 Å². The van der Waals surface area contributed by atoms with E-state index < -0.39 is 5.91 Å². The van der Waals surface area contributed by atoms with Crippen molar-refractivity contribution in [2.75, 3.05) is 39.2 Å². The predicted octanol–water partition coefficient (Wildman–Crippen LogP) is 2.52. The van der Waals surface area contributed by atoms with Gasteiger partial charge in [0.15, 0.2) is 0 Å². The Hall–Kier alpha value is -3.01. The predicted molar refractivity (Wildman–Crippen MR) is 122 cm³/mol. The van der Waals surface area contributed by atoms with Gasteiger partial charge >= 0.3 is 0 Å². The van der Waals surface area contributed by atoms with Gasteiger partial charge in [0, 0.05) is 24.0 Å². The van der Waals surface area contributed by atoms with Crippen LogP contribution in [-0.4, -0.2) is 65.8 Å². The molecule has 1 aliphatic heterocycles. The molecule has 2 aromatic carbocycles. The molecular weight excluding hydrogens is 428 g/mol. The minimum Gasteiger partial charge on any atom is -0.497 e. The largest absolute Gasteiger partial charge is 0.497 e. The summed E-state index contributed by atoms with van der Waals surface area (Å²) in [6, 6.07) is 14.3. The van der Waals surface area contributed by atoms with Crippen molar-refractivity contribution in [3.8, 4) is 5.75 Å². The summed E-state index contributed by atoms with van der Waals surface area (Å²) in [4.78, 5) is 36.4. The van der Waals surface area contributed by atoms with Gasteiger partial charge in [-0.25, -0.2) is 9.97 Å². The zero-order valence-corrected chi connectivity index (χ0v) is 18.6. The van der Waals surface area contributed by atoms with Gasteiger partial charge in [-0.1, -0.05) is 30.0 Å². The van der Waals surface area contributed by atoms with Crippen LogP contribution in [0.3, 0.4) is 0 Å². The molecule has 3 aromatic rings. The lowest BCUT2D eigenvalue weighted by atomic mass is 10.2. The number of hydrogen-bond acceptors (Lipinski definition) is 8. The monoisotopic (exact) mass is 452 g/mol. The van der Waals surface area contributed by atoms with Crippen LogP contribution in [0, 0.1) is 0 Å². The molecule has 1 N–H and O–H groups in total. The van der Waals surface area contributed by atoms with Crippen LogP contribution in [0.1, 0.15) is 16.2 Å². The fourth-order valence-electron chi connectivity index (χ4n) is 3.34. The van der Waals surface area contributed by atoms with E-state index in [0.29, 0.717) is 36.9 Å². The summed E-state index contributed by atoms with van der Waals surface area (Å²) >= 11 is 1.30. The molecule has 1 aliphatic rings. The van der Waals surface area contributed by atoms with Crippen molar-refractivity contribution < 1.29 is 19.1 Å². The Morgan fingerprint density at radius 3 is 2.59 bits per heavy atom. The van der Waals surface area contributed by atoms with Crippen LogP contribution >= 0.6 is 11.8 Å². The third-order valence-electron chi connectivity index (χ3n) is 5.03. The molecule has 8 nitrogen and oxygen atoms in total. The number of benzene rings is 2. The van der Waals surface area contributed by atoms with Gasteiger partial charge in [-0.05, 0) is 30.3 Å². The smallest absolute Gasteiger partial charge is 0.257 e. The van der Waals surface area contributed by atoms with Crippen molar-refractivity contribution in [3.05, 3.63) is 59.9 Å². The number of methoxy groups -OCH3 is 1. The molecule has 0 saturated carbocycles. The lowest BCUT2D eigenvalue weighted by molar-refractivity contribution is -0.117. The van der Waals surface area contributed by atoms with Gasteiger partial charge in [0.05, 0.1) is 38.1 Å². The third-order valence-corrected chi connectivity index (χ3v) is 6.02. The Labute approximate surface area is 190 Å². The van der Waals surface area contributed by atoms with Crippen molar-refractivity contribution in [2.45, 2.75) is 11.6 Å². The fourth-order valence-corrected chi connectivity index (χ4v) is 4.18. The molecular formula is C23H24N4O4S. The van der Waals surface area contributed by atoms with E-state index in [0.717, 1.165) is 29.0 Å². The maximum absolute atomic E-state index is 12.4. The Morgan fingerprint density at radius 1 is 1.09 bits per heavy atom. The molecule has 2 amide bonds. The average molecular weight is 453 g/mol. The number of hydrogen-bond donors (Lipinski definition) is 1. The summed E-state index contributed by atoms with van der Waals surface area (Å²) in [6.45, 7) is 3.72. The van der Waals surface area contributed by atoms with E-state index >= 15 is 0 Å². The molecule has 1 aromatic heterocycles. The number of imide groups is 1. The average Bonchev–Trinajstić information content (AvgIpc) is 2.83. The zero-order valence-electron chi connectivity index (χ0n) is 17.7. The number of nitrogens with zero attached hydrogens (tertiary/aromatic N) is 3. The van der Waals surface area contributed by atoms with Gasteiger partial charge in [-0.15, -0.1) is 0 Å². The van der Waals surface area contributed by atoms with E-state index in [2.05, 4.69) is 15.2 Å². The van der Waals surface area contributed by atoms with Gasteiger partial charge in [0.25, 0.3) is 5.91 Å². The van der Waals surface area contributed by atoms with Gasteiger partial charge in [-0.3, -0.25) is 19.8 Å². The van der Waals surface area contributed by atoms with Crippen LogP contribution in [-0.2, 0) is 16.1 Å². The van der Waals surface area contributed by atoms with Crippen molar-refractivity contribution in [1.82, 2.24) is 20.2 Å². The van der Waals surface area contributed by atoms with E-state index in [1.54, 1.807) is 31.4 Å². The summed E-state index contributed by atoms with van der Waals surface area (Å²) in [5, 5.41) is 4.04. The summed E-state index contributed by atoms with van der Waals surface area (Å²) in [5.74, 6) is 0.599. The quantitative estimate of drug-likeness (QED) is 0.432. The highest BCUT2D eigenvalue weighted by molar-refractivity contribution is 8.00. The number of thioether (sulfide) groups is 1. The van der Waals surface area contributed by atoms with Crippen molar-refractivity contribution >= 4 is 34.5 Å². The molecule has 0 spiro atoms. The molecule has 0 radical (unpaired) electrons. The van der Waals surface area contributed by atoms with Crippen LogP contribution in [0.5, 0.6) is 5.75 Å². The first kappa shape index (κ1) is 22.2.